The van der Waals surface area contributed by atoms with Gasteiger partial charge < -0.3 is 14.5 Å². The van der Waals surface area contributed by atoms with Gasteiger partial charge in [-0.3, -0.25) is 9.88 Å². The van der Waals surface area contributed by atoms with Gasteiger partial charge in [-0.05, 0) is 23.8 Å². The molecule has 0 saturated carbocycles. The average molecular weight is 356 g/mol. The number of hydrogen-bond donors (Lipinski definition) is 1. The molecule has 0 spiro atoms. The van der Waals surface area contributed by atoms with E-state index in [0.29, 0.717) is 25.5 Å². The number of hydrogen-bond acceptors (Lipinski definition) is 5. The summed E-state index contributed by atoms with van der Waals surface area (Å²) in [6.45, 7) is 1.90. The van der Waals surface area contributed by atoms with E-state index in [2.05, 4.69) is 19.9 Å². The van der Waals surface area contributed by atoms with E-state index < -0.39 is 12.3 Å². The molecule has 1 aliphatic rings. The van der Waals surface area contributed by atoms with Gasteiger partial charge in [0.15, 0.2) is 0 Å². The lowest BCUT2D eigenvalue weighted by Gasteiger charge is -2.15. The van der Waals surface area contributed by atoms with Gasteiger partial charge in [0.2, 0.25) is 0 Å². The minimum Gasteiger partial charge on any atom is -0.497 e. The minimum atomic E-state index is -1.00. The second-order valence-corrected chi connectivity index (χ2v) is 6.48. The molecule has 3 heterocycles. The van der Waals surface area contributed by atoms with Crippen molar-refractivity contribution in [2.24, 2.45) is 0 Å². The fourth-order valence-electron chi connectivity index (χ4n) is 3.25. The second kappa shape index (κ2) is 7.39. The zero-order chi connectivity index (χ0) is 17.9. The van der Waals surface area contributed by atoms with E-state index in [1.165, 1.54) is 0 Å². The van der Waals surface area contributed by atoms with Crippen molar-refractivity contribution < 1.29 is 13.9 Å². The summed E-state index contributed by atoms with van der Waals surface area (Å²) in [7, 11) is 1.64. The normalized spacial score (nSPS) is 20.7. The molecule has 0 aliphatic carbocycles. The van der Waals surface area contributed by atoms with Crippen LogP contribution in [0.4, 0.5) is 4.39 Å². The Morgan fingerprint density at radius 2 is 2.08 bits per heavy atom. The lowest BCUT2D eigenvalue weighted by atomic mass is 10.2. The molecule has 0 amide bonds. The monoisotopic (exact) mass is 356 g/mol. The number of methoxy groups -OCH3 is 1. The SMILES string of the molecule is COc1ccc(CN2CC(F)C(OCc3nc4ccncc4[nH]3)C2)cc1. The van der Waals surface area contributed by atoms with Crippen molar-refractivity contribution in [3.05, 3.63) is 54.1 Å². The largest absolute Gasteiger partial charge is 0.497 e. The van der Waals surface area contributed by atoms with Gasteiger partial charge in [0.1, 0.15) is 30.5 Å². The summed E-state index contributed by atoms with van der Waals surface area (Å²) in [4.78, 5) is 13.7. The highest BCUT2D eigenvalue weighted by molar-refractivity contribution is 5.73. The first-order chi connectivity index (χ1) is 12.7. The number of nitrogens with one attached hydrogen (secondary N) is 1. The third kappa shape index (κ3) is 3.68. The van der Waals surface area contributed by atoms with Gasteiger partial charge in [0.05, 0.1) is 24.3 Å². The first-order valence-electron chi connectivity index (χ1n) is 8.61. The summed E-state index contributed by atoms with van der Waals surface area (Å²) in [5.74, 6) is 1.51. The minimum absolute atomic E-state index is 0.260. The predicted molar refractivity (Wildman–Crippen MR) is 95.6 cm³/mol. The third-order valence-electron chi connectivity index (χ3n) is 4.61. The van der Waals surface area contributed by atoms with Crippen molar-refractivity contribution in [3.63, 3.8) is 0 Å². The number of nitrogens with zero attached hydrogens (tertiary/aromatic N) is 3. The van der Waals surface area contributed by atoms with Crippen molar-refractivity contribution in [1.29, 1.82) is 0 Å². The Labute approximate surface area is 151 Å². The van der Waals surface area contributed by atoms with Crippen LogP contribution in [-0.2, 0) is 17.9 Å². The molecule has 26 heavy (non-hydrogen) atoms. The third-order valence-corrected chi connectivity index (χ3v) is 4.61. The van der Waals surface area contributed by atoms with Crippen LogP contribution in [-0.4, -0.2) is 52.3 Å². The molecule has 2 unspecified atom stereocenters. The second-order valence-electron chi connectivity index (χ2n) is 6.48. The summed E-state index contributed by atoms with van der Waals surface area (Å²) in [6.07, 6.45) is 1.97. The number of imidazole rings is 1. The van der Waals surface area contributed by atoms with Gasteiger partial charge in [-0.2, -0.15) is 0 Å². The van der Waals surface area contributed by atoms with Crippen LogP contribution >= 0.6 is 0 Å². The number of benzene rings is 1. The number of alkyl halides is 1. The molecule has 0 radical (unpaired) electrons. The number of halogens is 1. The van der Waals surface area contributed by atoms with Crippen molar-refractivity contribution >= 4 is 11.0 Å². The molecule has 4 rings (SSSR count). The van der Waals surface area contributed by atoms with Crippen LogP contribution in [0.15, 0.2) is 42.7 Å². The van der Waals surface area contributed by atoms with Crippen LogP contribution in [0.25, 0.3) is 11.0 Å². The summed E-state index contributed by atoms with van der Waals surface area (Å²) >= 11 is 0. The zero-order valence-corrected chi connectivity index (χ0v) is 14.6. The predicted octanol–water partition coefficient (Wildman–Crippen LogP) is 2.71. The Morgan fingerprint density at radius 1 is 1.23 bits per heavy atom. The molecule has 1 aliphatic heterocycles. The zero-order valence-electron chi connectivity index (χ0n) is 14.6. The van der Waals surface area contributed by atoms with Crippen LogP contribution in [0.3, 0.4) is 0 Å². The van der Waals surface area contributed by atoms with Crippen molar-refractivity contribution in [2.45, 2.75) is 25.4 Å². The smallest absolute Gasteiger partial charge is 0.140 e. The van der Waals surface area contributed by atoms with E-state index in [1.54, 1.807) is 19.5 Å². The molecule has 7 heteroatoms. The number of rotatable bonds is 6. The summed E-state index contributed by atoms with van der Waals surface area (Å²) in [5, 5.41) is 0. The molecule has 1 saturated heterocycles. The van der Waals surface area contributed by atoms with Crippen LogP contribution in [0, 0.1) is 0 Å². The number of pyridine rings is 1. The van der Waals surface area contributed by atoms with Gasteiger partial charge in [-0.1, -0.05) is 12.1 Å². The number of aromatic nitrogens is 3. The van der Waals surface area contributed by atoms with E-state index >= 15 is 0 Å². The molecule has 136 valence electrons. The Morgan fingerprint density at radius 3 is 2.85 bits per heavy atom. The summed E-state index contributed by atoms with van der Waals surface area (Å²) in [5.41, 5.74) is 2.82. The van der Waals surface area contributed by atoms with Gasteiger partial charge in [-0.15, -0.1) is 0 Å². The number of fused-ring (bicyclic) bond motifs is 1. The molecule has 2 atom stereocenters. The molecule has 0 bridgehead atoms. The molecule has 1 fully saturated rings. The van der Waals surface area contributed by atoms with E-state index in [-0.39, 0.29) is 6.61 Å². The number of H-pyrrole nitrogens is 1. The molecule has 1 aromatic carbocycles. The maximum absolute atomic E-state index is 14.3. The molecular formula is C19H21FN4O2. The van der Waals surface area contributed by atoms with Crippen molar-refractivity contribution in [1.82, 2.24) is 19.9 Å². The first-order valence-corrected chi connectivity index (χ1v) is 8.61. The molecular weight excluding hydrogens is 335 g/mol. The van der Waals surface area contributed by atoms with E-state index in [1.807, 2.05) is 30.3 Å². The summed E-state index contributed by atoms with van der Waals surface area (Å²) in [6, 6.07) is 9.68. The maximum atomic E-state index is 14.3. The maximum Gasteiger partial charge on any atom is 0.140 e. The number of ether oxygens (including phenoxy) is 2. The molecule has 2 aromatic heterocycles. The lowest BCUT2D eigenvalue weighted by Crippen LogP contribution is -2.24. The van der Waals surface area contributed by atoms with Gasteiger partial charge in [-0.25, -0.2) is 9.37 Å². The Kier molecular flexibility index (Phi) is 4.81. The van der Waals surface area contributed by atoms with Gasteiger partial charge in [0.25, 0.3) is 0 Å². The highest BCUT2D eigenvalue weighted by atomic mass is 19.1. The topological polar surface area (TPSA) is 63.3 Å². The first kappa shape index (κ1) is 16.9. The fourth-order valence-corrected chi connectivity index (χ4v) is 3.25. The van der Waals surface area contributed by atoms with Crippen LogP contribution < -0.4 is 4.74 Å². The molecule has 3 aromatic rings. The van der Waals surface area contributed by atoms with Crippen molar-refractivity contribution in [3.8, 4) is 5.75 Å². The molecule has 1 N–H and O–H groups in total. The average Bonchev–Trinajstić information content (AvgIpc) is 3.23. The van der Waals surface area contributed by atoms with E-state index in [4.69, 9.17) is 9.47 Å². The van der Waals surface area contributed by atoms with E-state index in [9.17, 15) is 4.39 Å². The highest BCUT2D eigenvalue weighted by Crippen LogP contribution is 2.21. The van der Waals surface area contributed by atoms with E-state index in [0.717, 1.165) is 22.3 Å². The Balaban J connectivity index is 1.33. The summed E-state index contributed by atoms with van der Waals surface area (Å²) < 4.78 is 25.3. The van der Waals surface area contributed by atoms with Gasteiger partial charge >= 0.3 is 0 Å². The Bertz CT molecular complexity index is 834. The van der Waals surface area contributed by atoms with Crippen molar-refractivity contribution in [2.75, 3.05) is 20.2 Å². The fraction of sp³-hybridized carbons (Fsp3) is 0.368. The van der Waals surface area contributed by atoms with Crippen LogP contribution in [0.2, 0.25) is 0 Å². The van der Waals surface area contributed by atoms with Crippen LogP contribution in [0.1, 0.15) is 11.4 Å². The highest BCUT2D eigenvalue weighted by Gasteiger charge is 2.33. The van der Waals surface area contributed by atoms with Gasteiger partial charge in [0, 0.05) is 25.8 Å². The number of likely N-dealkylation sites (tertiary alicyclic amines) is 1. The quantitative estimate of drug-likeness (QED) is 0.736. The Hall–Kier alpha value is -2.51. The lowest BCUT2D eigenvalue weighted by molar-refractivity contribution is 0.00863. The van der Waals surface area contributed by atoms with Crippen LogP contribution in [0.5, 0.6) is 5.75 Å². The number of aromatic amines is 1. The standard InChI is InChI=1S/C19H21FN4O2/c1-25-14-4-2-13(3-5-14)9-24-10-15(20)18(11-24)26-12-19-22-16-6-7-21-8-17(16)23-19/h2-8,15,18H,9-12H2,1H3,(H,22,23). The molecule has 6 nitrogen and oxygen atoms in total.